The van der Waals surface area contributed by atoms with E-state index in [1.54, 1.807) is 65.8 Å². The van der Waals surface area contributed by atoms with Gasteiger partial charge in [0.15, 0.2) is 0 Å². The number of ether oxygens (including phenoxy) is 2. The van der Waals surface area contributed by atoms with E-state index >= 15 is 0 Å². The Morgan fingerprint density at radius 2 is 1.48 bits per heavy atom. The number of nitrogens with two attached hydrogens (primary N) is 1. The molecule has 0 aromatic heterocycles. The molecule has 0 unspecified atom stereocenters. The second-order valence-corrected chi connectivity index (χ2v) is 8.31. The van der Waals surface area contributed by atoms with Crippen molar-refractivity contribution in [1.82, 2.24) is 5.32 Å². The number of hydrogen-bond acceptors (Lipinski definition) is 6. The third-order valence-corrected chi connectivity index (χ3v) is 3.23. The molecule has 7 nitrogen and oxygen atoms in total. The SMILES string of the molecule is CC(C)(C)OC(=O)CC[C@H](NC(=O)c1ccc(N)cc1)C(=O)OC(C)(C)C. The molecule has 0 aliphatic rings. The molecule has 150 valence electrons. The summed E-state index contributed by atoms with van der Waals surface area (Å²) in [7, 11) is 0. The Kier molecular flexibility index (Phi) is 7.39. The van der Waals surface area contributed by atoms with Gasteiger partial charge in [-0.3, -0.25) is 9.59 Å². The summed E-state index contributed by atoms with van der Waals surface area (Å²) >= 11 is 0. The number of nitrogen functional groups attached to an aromatic ring is 1. The van der Waals surface area contributed by atoms with Crippen LogP contribution in [0.25, 0.3) is 0 Å². The van der Waals surface area contributed by atoms with Crippen LogP contribution in [0.2, 0.25) is 0 Å². The Bertz CT molecular complexity index is 669. The highest BCUT2D eigenvalue weighted by molar-refractivity contribution is 5.97. The van der Waals surface area contributed by atoms with Crippen molar-refractivity contribution in [1.29, 1.82) is 0 Å². The van der Waals surface area contributed by atoms with Gasteiger partial charge in [-0.1, -0.05) is 0 Å². The van der Waals surface area contributed by atoms with Crippen molar-refractivity contribution in [2.24, 2.45) is 0 Å². The van der Waals surface area contributed by atoms with E-state index in [1.165, 1.54) is 0 Å². The number of benzene rings is 1. The highest BCUT2D eigenvalue weighted by Crippen LogP contribution is 2.14. The lowest BCUT2D eigenvalue weighted by Crippen LogP contribution is -2.44. The van der Waals surface area contributed by atoms with Crippen LogP contribution >= 0.6 is 0 Å². The molecule has 1 amide bonds. The van der Waals surface area contributed by atoms with E-state index in [9.17, 15) is 14.4 Å². The summed E-state index contributed by atoms with van der Waals surface area (Å²) < 4.78 is 10.6. The Morgan fingerprint density at radius 1 is 0.963 bits per heavy atom. The average Bonchev–Trinajstić information content (AvgIpc) is 2.48. The molecule has 0 aliphatic heterocycles. The molecule has 1 rings (SSSR count). The van der Waals surface area contributed by atoms with Crippen molar-refractivity contribution in [3.63, 3.8) is 0 Å². The molecule has 0 radical (unpaired) electrons. The number of carbonyl (C=O) groups is 3. The van der Waals surface area contributed by atoms with Crippen molar-refractivity contribution in [3.8, 4) is 0 Å². The summed E-state index contributed by atoms with van der Waals surface area (Å²) in [6, 6.07) is 5.34. The first-order valence-corrected chi connectivity index (χ1v) is 8.88. The lowest BCUT2D eigenvalue weighted by Gasteiger charge is -2.25. The minimum Gasteiger partial charge on any atom is -0.460 e. The van der Waals surface area contributed by atoms with Gasteiger partial charge in [0.25, 0.3) is 5.91 Å². The van der Waals surface area contributed by atoms with Gasteiger partial charge in [0, 0.05) is 17.7 Å². The van der Waals surface area contributed by atoms with Gasteiger partial charge in [-0.15, -0.1) is 0 Å². The molecule has 3 N–H and O–H groups in total. The van der Waals surface area contributed by atoms with Gasteiger partial charge in [-0.05, 0) is 72.2 Å². The van der Waals surface area contributed by atoms with E-state index in [1.807, 2.05) is 0 Å². The van der Waals surface area contributed by atoms with Crippen LogP contribution < -0.4 is 11.1 Å². The number of hydrogen-bond donors (Lipinski definition) is 2. The monoisotopic (exact) mass is 378 g/mol. The van der Waals surface area contributed by atoms with E-state index < -0.39 is 35.1 Å². The second kappa shape index (κ2) is 8.88. The Labute approximate surface area is 160 Å². The molecular formula is C20H30N2O5. The first-order chi connectivity index (χ1) is 12.3. The standard InChI is InChI=1S/C20H30N2O5/c1-19(2,3)26-16(23)12-11-15(18(25)27-20(4,5)6)22-17(24)13-7-9-14(21)10-8-13/h7-10,15H,11-12,21H2,1-6H3,(H,22,24)/t15-/m0/s1. The maximum atomic E-state index is 12.5. The fourth-order valence-electron chi connectivity index (χ4n) is 2.15. The lowest BCUT2D eigenvalue weighted by molar-refractivity contribution is -0.158. The number of amides is 1. The summed E-state index contributed by atoms with van der Waals surface area (Å²) in [5.41, 5.74) is 5.17. The molecule has 1 atom stereocenters. The number of carbonyl (C=O) groups excluding carboxylic acids is 3. The number of nitrogens with one attached hydrogen (secondary N) is 1. The van der Waals surface area contributed by atoms with Crippen LogP contribution in [0.15, 0.2) is 24.3 Å². The lowest BCUT2D eigenvalue weighted by atomic mass is 10.1. The number of anilines is 1. The van der Waals surface area contributed by atoms with E-state index in [4.69, 9.17) is 15.2 Å². The minimum atomic E-state index is -0.971. The van der Waals surface area contributed by atoms with Gasteiger partial charge in [0.2, 0.25) is 0 Å². The van der Waals surface area contributed by atoms with E-state index in [-0.39, 0.29) is 12.8 Å². The van der Waals surface area contributed by atoms with Crippen molar-refractivity contribution < 1.29 is 23.9 Å². The molecule has 0 aliphatic carbocycles. The van der Waals surface area contributed by atoms with Gasteiger partial charge in [-0.2, -0.15) is 0 Å². The third-order valence-electron chi connectivity index (χ3n) is 3.23. The molecule has 0 heterocycles. The molecule has 0 fully saturated rings. The maximum absolute atomic E-state index is 12.5. The van der Waals surface area contributed by atoms with Gasteiger partial charge in [-0.25, -0.2) is 4.79 Å². The van der Waals surface area contributed by atoms with Crippen LogP contribution in [0.1, 0.15) is 64.7 Å². The Hall–Kier alpha value is -2.57. The molecule has 0 saturated heterocycles. The van der Waals surface area contributed by atoms with Crippen LogP contribution in [0.5, 0.6) is 0 Å². The van der Waals surface area contributed by atoms with E-state index in [2.05, 4.69) is 5.32 Å². The zero-order valence-corrected chi connectivity index (χ0v) is 16.9. The fraction of sp³-hybridized carbons (Fsp3) is 0.550. The molecule has 27 heavy (non-hydrogen) atoms. The molecule has 1 aromatic carbocycles. The molecule has 7 heteroatoms. The van der Waals surface area contributed by atoms with Crippen LogP contribution in [-0.2, 0) is 19.1 Å². The van der Waals surface area contributed by atoms with E-state index in [0.717, 1.165) is 0 Å². The second-order valence-electron chi connectivity index (χ2n) is 8.31. The summed E-state index contributed by atoms with van der Waals surface area (Å²) in [6.45, 7) is 10.5. The van der Waals surface area contributed by atoms with Crippen molar-refractivity contribution in [2.45, 2.75) is 71.6 Å². The van der Waals surface area contributed by atoms with Gasteiger partial charge in [0.05, 0.1) is 0 Å². The zero-order valence-electron chi connectivity index (χ0n) is 16.9. The quantitative estimate of drug-likeness (QED) is 0.582. The van der Waals surface area contributed by atoms with Crippen LogP contribution in [0.4, 0.5) is 5.69 Å². The maximum Gasteiger partial charge on any atom is 0.329 e. The van der Waals surface area contributed by atoms with Gasteiger partial charge in [0.1, 0.15) is 17.2 Å². The number of esters is 2. The predicted molar refractivity (Wildman–Crippen MR) is 103 cm³/mol. The smallest absolute Gasteiger partial charge is 0.329 e. The minimum absolute atomic E-state index is 0.0246. The van der Waals surface area contributed by atoms with Crippen LogP contribution in [0.3, 0.4) is 0 Å². The fourth-order valence-corrected chi connectivity index (χ4v) is 2.15. The van der Waals surface area contributed by atoms with Crippen molar-refractivity contribution in [3.05, 3.63) is 29.8 Å². The Morgan fingerprint density at radius 3 is 1.96 bits per heavy atom. The summed E-state index contributed by atoms with van der Waals surface area (Å²) in [6.07, 6.45) is 0.0493. The summed E-state index contributed by atoms with van der Waals surface area (Å²) in [4.78, 5) is 36.9. The Balaban J connectivity index is 2.84. The first-order valence-electron chi connectivity index (χ1n) is 8.88. The zero-order chi connectivity index (χ0) is 20.8. The first kappa shape index (κ1) is 22.5. The molecule has 0 spiro atoms. The average molecular weight is 378 g/mol. The topological polar surface area (TPSA) is 108 Å². The van der Waals surface area contributed by atoms with Crippen LogP contribution in [-0.4, -0.2) is 35.1 Å². The molecule has 0 saturated carbocycles. The molecular weight excluding hydrogens is 348 g/mol. The highest BCUT2D eigenvalue weighted by atomic mass is 16.6. The molecule has 1 aromatic rings. The van der Waals surface area contributed by atoms with Crippen molar-refractivity contribution >= 4 is 23.5 Å². The van der Waals surface area contributed by atoms with Gasteiger partial charge < -0.3 is 20.5 Å². The number of rotatable bonds is 6. The van der Waals surface area contributed by atoms with Gasteiger partial charge >= 0.3 is 11.9 Å². The summed E-state index contributed by atoms with van der Waals surface area (Å²) in [5.74, 6) is -1.50. The molecule has 0 bridgehead atoms. The largest absolute Gasteiger partial charge is 0.460 e. The van der Waals surface area contributed by atoms with Crippen LogP contribution in [0, 0.1) is 0 Å². The summed E-state index contributed by atoms with van der Waals surface area (Å²) in [5, 5.41) is 2.63. The highest BCUT2D eigenvalue weighted by Gasteiger charge is 2.28. The predicted octanol–water partition coefficient (Wildman–Crippen LogP) is 2.83. The van der Waals surface area contributed by atoms with E-state index in [0.29, 0.717) is 11.3 Å². The third kappa shape index (κ3) is 9.08. The van der Waals surface area contributed by atoms with Crippen molar-refractivity contribution in [2.75, 3.05) is 5.73 Å². The normalized spacial score (nSPS) is 12.8.